The van der Waals surface area contributed by atoms with Crippen LogP contribution in [0.1, 0.15) is 44.6 Å². The number of likely N-dealkylation sites (tertiary alicyclic amines) is 1. The van der Waals surface area contributed by atoms with Crippen LogP contribution in [-0.4, -0.2) is 42.2 Å². The van der Waals surface area contributed by atoms with Crippen LogP contribution in [0.5, 0.6) is 11.5 Å². The third-order valence-corrected chi connectivity index (χ3v) is 5.58. The zero-order chi connectivity index (χ0) is 17.8. The molecule has 0 unspecified atom stereocenters. The first kappa shape index (κ1) is 18.1. The molecule has 1 aromatic rings. The van der Waals surface area contributed by atoms with Crippen LogP contribution in [0, 0.1) is 11.8 Å². The van der Waals surface area contributed by atoms with E-state index in [1.54, 1.807) is 13.2 Å². The van der Waals surface area contributed by atoms with Gasteiger partial charge in [0.25, 0.3) is 0 Å². The Hall–Kier alpha value is -1.75. The van der Waals surface area contributed by atoms with Crippen molar-refractivity contribution in [3.8, 4) is 11.5 Å². The SMILES string of the molecule is CC[C@H]1CN(Cc2ccc(OC)cc2O)CC[C@H]1CC(=O)NC1CC1. The minimum Gasteiger partial charge on any atom is -0.507 e. The highest BCUT2D eigenvalue weighted by Gasteiger charge is 2.31. The maximum absolute atomic E-state index is 12.1. The molecule has 1 amide bonds. The van der Waals surface area contributed by atoms with Gasteiger partial charge in [0.05, 0.1) is 7.11 Å². The van der Waals surface area contributed by atoms with Gasteiger partial charge in [-0.15, -0.1) is 0 Å². The number of nitrogens with zero attached hydrogens (tertiary/aromatic N) is 1. The number of aromatic hydroxyl groups is 1. The van der Waals surface area contributed by atoms with E-state index in [0.717, 1.165) is 50.9 Å². The summed E-state index contributed by atoms with van der Waals surface area (Å²) in [5, 5.41) is 13.3. The molecule has 2 aliphatic rings. The Labute approximate surface area is 150 Å². The molecule has 1 aliphatic heterocycles. The lowest BCUT2D eigenvalue weighted by atomic mass is 9.81. The van der Waals surface area contributed by atoms with Crippen LogP contribution in [0.3, 0.4) is 0 Å². The number of hydrogen-bond acceptors (Lipinski definition) is 4. The largest absolute Gasteiger partial charge is 0.507 e. The molecular formula is C20H30N2O3. The van der Waals surface area contributed by atoms with Gasteiger partial charge in [0.15, 0.2) is 0 Å². The Morgan fingerprint density at radius 2 is 2.12 bits per heavy atom. The average Bonchev–Trinajstić information content (AvgIpc) is 3.41. The van der Waals surface area contributed by atoms with Crippen molar-refractivity contribution in [2.45, 2.75) is 51.6 Å². The second kappa shape index (κ2) is 8.09. The lowest BCUT2D eigenvalue weighted by Gasteiger charge is -2.38. The van der Waals surface area contributed by atoms with Crippen molar-refractivity contribution < 1.29 is 14.6 Å². The third kappa shape index (κ3) is 4.88. The topological polar surface area (TPSA) is 61.8 Å². The number of carbonyl (C=O) groups is 1. The number of nitrogens with one attached hydrogen (secondary N) is 1. The zero-order valence-corrected chi connectivity index (χ0v) is 15.3. The summed E-state index contributed by atoms with van der Waals surface area (Å²) in [5.41, 5.74) is 0.931. The van der Waals surface area contributed by atoms with Crippen molar-refractivity contribution in [2.24, 2.45) is 11.8 Å². The molecule has 1 heterocycles. The quantitative estimate of drug-likeness (QED) is 0.797. The molecule has 138 valence electrons. The predicted octanol–water partition coefficient (Wildman–Crippen LogP) is 2.92. The average molecular weight is 346 g/mol. The number of benzene rings is 1. The van der Waals surface area contributed by atoms with E-state index in [-0.39, 0.29) is 5.91 Å². The second-order valence-corrected chi connectivity index (χ2v) is 7.49. The summed E-state index contributed by atoms with van der Waals surface area (Å²) >= 11 is 0. The Bertz CT molecular complexity index is 601. The van der Waals surface area contributed by atoms with Gasteiger partial charge >= 0.3 is 0 Å². The van der Waals surface area contributed by atoms with Crippen LogP contribution in [0.25, 0.3) is 0 Å². The van der Waals surface area contributed by atoms with Crippen molar-refractivity contribution in [1.29, 1.82) is 0 Å². The lowest BCUT2D eigenvalue weighted by molar-refractivity contribution is -0.123. The number of carbonyl (C=O) groups excluding carboxylic acids is 1. The van der Waals surface area contributed by atoms with Crippen molar-refractivity contribution in [2.75, 3.05) is 20.2 Å². The molecule has 0 bridgehead atoms. The van der Waals surface area contributed by atoms with Gasteiger partial charge in [0.1, 0.15) is 11.5 Å². The number of methoxy groups -OCH3 is 1. The Kier molecular flexibility index (Phi) is 5.84. The summed E-state index contributed by atoms with van der Waals surface area (Å²) in [6.45, 7) is 4.92. The molecule has 0 spiro atoms. The van der Waals surface area contributed by atoms with E-state index in [2.05, 4.69) is 17.1 Å². The van der Waals surface area contributed by atoms with Crippen molar-refractivity contribution in [3.63, 3.8) is 0 Å². The number of hydrogen-bond donors (Lipinski definition) is 2. The summed E-state index contributed by atoms with van der Waals surface area (Å²) < 4.78 is 5.15. The van der Waals surface area contributed by atoms with Crippen molar-refractivity contribution >= 4 is 5.91 Å². The smallest absolute Gasteiger partial charge is 0.220 e. The fourth-order valence-corrected chi connectivity index (χ4v) is 3.83. The van der Waals surface area contributed by atoms with Gasteiger partial charge < -0.3 is 15.2 Å². The van der Waals surface area contributed by atoms with E-state index in [1.165, 1.54) is 0 Å². The van der Waals surface area contributed by atoms with E-state index in [1.807, 2.05) is 12.1 Å². The van der Waals surface area contributed by atoms with Gasteiger partial charge in [-0.2, -0.15) is 0 Å². The normalized spacial score (nSPS) is 24.1. The van der Waals surface area contributed by atoms with E-state index in [4.69, 9.17) is 4.74 Å². The van der Waals surface area contributed by atoms with Gasteiger partial charge in [-0.1, -0.05) is 19.4 Å². The number of ether oxygens (including phenoxy) is 1. The molecule has 3 rings (SSSR count). The maximum Gasteiger partial charge on any atom is 0.220 e. The van der Waals surface area contributed by atoms with E-state index in [9.17, 15) is 9.90 Å². The molecular weight excluding hydrogens is 316 g/mol. The fourth-order valence-electron chi connectivity index (χ4n) is 3.83. The highest BCUT2D eigenvalue weighted by Crippen LogP contribution is 2.32. The highest BCUT2D eigenvalue weighted by molar-refractivity contribution is 5.76. The molecule has 25 heavy (non-hydrogen) atoms. The molecule has 5 heteroatoms. The Morgan fingerprint density at radius 1 is 1.32 bits per heavy atom. The lowest BCUT2D eigenvalue weighted by Crippen LogP contribution is -2.41. The first-order valence-electron chi connectivity index (χ1n) is 9.46. The molecule has 5 nitrogen and oxygen atoms in total. The van der Waals surface area contributed by atoms with Gasteiger partial charge in [-0.05, 0) is 43.7 Å². The first-order chi connectivity index (χ1) is 12.1. The standard InChI is InChI=1S/C20H30N2O3/c1-3-14-12-22(13-16-4-7-18(25-2)11-19(16)23)9-8-15(14)10-20(24)21-17-5-6-17/h4,7,11,14-15,17,23H,3,5-6,8-10,12-13H2,1-2H3,(H,21,24)/t14-,15-/m0/s1. The fraction of sp³-hybridized carbons (Fsp3) is 0.650. The van der Waals surface area contributed by atoms with E-state index >= 15 is 0 Å². The summed E-state index contributed by atoms with van der Waals surface area (Å²) in [6.07, 6.45) is 5.09. The van der Waals surface area contributed by atoms with Crippen LogP contribution in [0.15, 0.2) is 18.2 Å². The van der Waals surface area contributed by atoms with Gasteiger partial charge in [0.2, 0.25) is 5.91 Å². The first-order valence-corrected chi connectivity index (χ1v) is 9.46. The minimum absolute atomic E-state index is 0.229. The van der Waals surface area contributed by atoms with Gasteiger partial charge in [0, 0.05) is 37.2 Å². The Balaban J connectivity index is 1.54. The molecule has 1 aliphatic carbocycles. The predicted molar refractivity (Wildman–Crippen MR) is 97.6 cm³/mol. The molecule has 1 saturated carbocycles. The number of phenolic OH excluding ortho intramolecular Hbond substituents is 1. The van der Waals surface area contributed by atoms with Crippen LogP contribution < -0.4 is 10.1 Å². The number of piperidine rings is 1. The molecule has 2 fully saturated rings. The Morgan fingerprint density at radius 3 is 2.76 bits per heavy atom. The molecule has 2 N–H and O–H groups in total. The summed E-state index contributed by atoms with van der Waals surface area (Å²) in [5.74, 6) is 2.21. The highest BCUT2D eigenvalue weighted by atomic mass is 16.5. The van der Waals surface area contributed by atoms with E-state index in [0.29, 0.717) is 35.8 Å². The monoisotopic (exact) mass is 346 g/mol. The number of amides is 1. The molecule has 1 aromatic carbocycles. The molecule has 2 atom stereocenters. The van der Waals surface area contributed by atoms with E-state index < -0.39 is 0 Å². The maximum atomic E-state index is 12.1. The third-order valence-electron chi connectivity index (χ3n) is 5.58. The second-order valence-electron chi connectivity index (χ2n) is 7.49. The van der Waals surface area contributed by atoms with Crippen LogP contribution in [-0.2, 0) is 11.3 Å². The number of rotatable bonds is 7. The summed E-state index contributed by atoms with van der Waals surface area (Å²) in [4.78, 5) is 14.5. The van der Waals surface area contributed by atoms with Crippen molar-refractivity contribution in [3.05, 3.63) is 23.8 Å². The molecule has 0 aromatic heterocycles. The molecule has 1 saturated heterocycles. The summed E-state index contributed by atoms with van der Waals surface area (Å²) in [7, 11) is 1.60. The number of phenols is 1. The van der Waals surface area contributed by atoms with Crippen LogP contribution in [0.4, 0.5) is 0 Å². The van der Waals surface area contributed by atoms with Crippen molar-refractivity contribution in [1.82, 2.24) is 10.2 Å². The zero-order valence-electron chi connectivity index (χ0n) is 15.3. The van der Waals surface area contributed by atoms with Gasteiger partial charge in [-0.25, -0.2) is 0 Å². The van der Waals surface area contributed by atoms with Gasteiger partial charge in [-0.3, -0.25) is 9.69 Å². The molecule has 0 radical (unpaired) electrons. The summed E-state index contributed by atoms with van der Waals surface area (Å²) in [6, 6.07) is 5.94. The van der Waals surface area contributed by atoms with Crippen LogP contribution in [0.2, 0.25) is 0 Å². The van der Waals surface area contributed by atoms with Crippen LogP contribution >= 0.6 is 0 Å². The minimum atomic E-state index is 0.229.